The van der Waals surface area contributed by atoms with Gasteiger partial charge in [-0.2, -0.15) is 4.98 Å². The maximum Gasteiger partial charge on any atom is 0.248 e. The lowest BCUT2D eigenvalue weighted by molar-refractivity contribution is -0.136. The van der Waals surface area contributed by atoms with Crippen LogP contribution in [0.3, 0.4) is 0 Å². The number of hydrogen-bond acceptors (Lipinski definition) is 8. The Balaban J connectivity index is 1.20. The van der Waals surface area contributed by atoms with Gasteiger partial charge in [-0.05, 0) is 37.1 Å². The molecule has 0 saturated carbocycles. The van der Waals surface area contributed by atoms with Gasteiger partial charge in [0.2, 0.25) is 23.5 Å². The van der Waals surface area contributed by atoms with Crippen LogP contribution in [0, 0.1) is 0 Å². The maximum absolute atomic E-state index is 12.9. The van der Waals surface area contributed by atoms with E-state index < -0.39 is 6.04 Å². The molecule has 0 radical (unpaired) electrons. The van der Waals surface area contributed by atoms with Crippen molar-refractivity contribution in [1.29, 1.82) is 0 Å². The minimum Gasteiger partial charge on any atom is -0.339 e. The molecule has 162 valence electrons. The van der Waals surface area contributed by atoms with E-state index in [-0.39, 0.29) is 18.2 Å². The van der Waals surface area contributed by atoms with Gasteiger partial charge >= 0.3 is 0 Å². The topological polar surface area (TPSA) is 114 Å². The third-order valence-corrected chi connectivity index (χ3v) is 6.31. The summed E-state index contributed by atoms with van der Waals surface area (Å²) in [5.74, 6) is 0.548. The molecule has 1 atom stereocenters. The molecule has 9 nitrogen and oxygen atoms in total. The van der Waals surface area contributed by atoms with Crippen LogP contribution in [0.2, 0.25) is 0 Å². The van der Waals surface area contributed by atoms with Crippen LogP contribution in [-0.4, -0.2) is 49.4 Å². The van der Waals surface area contributed by atoms with Crippen molar-refractivity contribution in [2.45, 2.75) is 31.7 Å². The summed E-state index contributed by atoms with van der Waals surface area (Å²) in [5, 5.41) is 7.39. The lowest BCUT2D eigenvalue weighted by Gasteiger charge is -2.23. The van der Waals surface area contributed by atoms with Gasteiger partial charge in [0, 0.05) is 37.3 Å². The second-order valence-corrected chi connectivity index (χ2v) is 8.50. The summed E-state index contributed by atoms with van der Waals surface area (Å²) in [6.45, 7) is 0.558. The summed E-state index contributed by atoms with van der Waals surface area (Å²) in [4.78, 5) is 40.1. The highest BCUT2D eigenvalue weighted by molar-refractivity contribution is 7.22. The highest BCUT2D eigenvalue weighted by Gasteiger charge is 2.34. The average Bonchev–Trinajstić information content (AvgIpc) is 3.57. The van der Waals surface area contributed by atoms with Crippen molar-refractivity contribution >= 4 is 38.5 Å². The van der Waals surface area contributed by atoms with Crippen LogP contribution in [0.5, 0.6) is 0 Å². The van der Waals surface area contributed by atoms with E-state index in [2.05, 4.69) is 25.4 Å². The monoisotopic (exact) mass is 448 g/mol. The molecule has 0 aliphatic carbocycles. The first kappa shape index (κ1) is 20.3. The van der Waals surface area contributed by atoms with Crippen molar-refractivity contribution in [3.8, 4) is 11.4 Å². The molecule has 4 heterocycles. The number of amides is 2. The lowest BCUT2D eigenvalue weighted by atomic mass is 10.2. The maximum atomic E-state index is 12.9. The molecule has 1 aliphatic heterocycles. The summed E-state index contributed by atoms with van der Waals surface area (Å²) in [5.41, 5.74) is 1.64. The van der Waals surface area contributed by atoms with E-state index in [1.165, 1.54) is 11.3 Å². The highest BCUT2D eigenvalue weighted by Crippen LogP contribution is 2.27. The zero-order valence-corrected chi connectivity index (χ0v) is 17.9. The van der Waals surface area contributed by atoms with Gasteiger partial charge in [-0.1, -0.05) is 28.6 Å². The number of hydrogen-bond donors (Lipinski definition) is 1. The molecule has 1 unspecified atom stereocenters. The molecule has 1 fully saturated rings. The molecule has 5 rings (SSSR count). The van der Waals surface area contributed by atoms with Crippen molar-refractivity contribution in [1.82, 2.24) is 25.0 Å². The Morgan fingerprint density at radius 3 is 2.84 bits per heavy atom. The summed E-state index contributed by atoms with van der Waals surface area (Å²) >= 11 is 1.42. The summed E-state index contributed by atoms with van der Waals surface area (Å²) in [6.07, 6.45) is 5.25. The number of anilines is 1. The number of thiazole rings is 1. The molecule has 0 spiro atoms. The van der Waals surface area contributed by atoms with Gasteiger partial charge in [-0.25, -0.2) is 4.98 Å². The van der Waals surface area contributed by atoms with Crippen LogP contribution in [0.25, 0.3) is 21.6 Å². The molecule has 10 heteroatoms. The molecule has 1 saturated heterocycles. The molecule has 1 N–H and O–H groups in total. The van der Waals surface area contributed by atoms with Gasteiger partial charge in [0.1, 0.15) is 6.04 Å². The van der Waals surface area contributed by atoms with Crippen LogP contribution in [0.15, 0.2) is 53.3 Å². The fraction of sp³-hybridized carbons (Fsp3) is 0.273. The Hall–Kier alpha value is -3.66. The van der Waals surface area contributed by atoms with E-state index in [9.17, 15) is 9.59 Å². The van der Waals surface area contributed by atoms with Crippen LogP contribution in [-0.2, 0) is 16.0 Å². The Morgan fingerprint density at radius 2 is 2.00 bits per heavy atom. The number of carbonyl (C=O) groups excluding carboxylic acids is 2. The minimum absolute atomic E-state index is 0.101. The predicted molar refractivity (Wildman–Crippen MR) is 119 cm³/mol. The molecular weight excluding hydrogens is 428 g/mol. The van der Waals surface area contributed by atoms with Crippen LogP contribution >= 0.6 is 11.3 Å². The van der Waals surface area contributed by atoms with Gasteiger partial charge in [0.25, 0.3) is 0 Å². The number of aromatic nitrogens is 4. The number of pyridine rings is 1. The smallest absolute Gasteiger partial charge is 0.248 e. The first-order valence-corrected chi connectivity index (χ1v) is 11.2. The normalized spacial score (nSPS) is 15.9. The lowest BCUT2D eigenvalue weighted by Crippen LogP contribution is -2.43. The van der Waals surface area contributed by atoms with E-state index in [4.69, 9.17) is 4.52 Å². The van der Waals surface area contributed by atoms with Gasteiger partial charge in [0.05, 0.1) is 10.2 Å². The molecule has 4 aromatic rings. The third kappa shape index (κ3) is 4.22. The number of benzene rings is 1. The SMILES string of the molecule is O=C(Nc1nc2ccccc2s1)C1CCCN1C(=O)CCc1nc(-c2ccncc2)no1. The van der Waals surface area contributed by atoms with E-state index in [0.717, 1.165) is 22.2 Å². The van der Waals surface area contributed by atoms with Crippen molar-refractivity contribution < 1.29 is 14.1 Å². The molecule has 2 amide bonds. The summed E-state index contributed by atoms with van der Waals surface area (Å²) in [7, 11) is 0. The Bertz CT molecular complexity index is 1220. The predicted octanol–water partition coefficient (Wildman–Crippen LogP) is 3.30. The van der Waals surface area contributed by atoms with E-state index in [1.54, 1.807) is 29.4 Å². The van der Waals surface area contributed by atoms with Gasteiger partial charge in [-0.3, -0.25) is 14.6 Å². The Morgan fingerprint density at radius 1 is 1.16 bits per heavy atom. The van der Waals surface area contributed by atoms with Gasteiger partial charge in [0.15, 0.2) is 5.13 Å². The fourth-order valence-electron chi connectivity index (χ4n) is 3.78. The van der Waals surface area contributed by atoms with Crippen molar-refractivity contribution in [2.75, 3.05) is 11.9 Å². The number of para-hydroxylation sites is 1. The highest BCUT2D eigenvalue weighted by atomic mass is 32.1. The molecule has 32 heavy (non-hydrogen) atoms. The number of nitrogens with zero attached hydrogens (tertiary/aromatic N) is 5. The van der Waals surface area contributed by atoms with E-state index in [1.807, 2.05) is 24.3 Å². The Labute approximate surface area is 187 Å². The van der Waals surface area contributed by atoms with Gasteiger partial charge < -0.3 is 14.7 Å². The first-order valence-electron chi connectivity index (χ1n) is 10.4. The zero-order chi connectivity index (χ0) is 21.9. The van der Waals surface area contributed by atoms with Gasteiger partial charge in [-0.15, -0.1) is 0 Å². The second-order valence-electron chi connectivity index (χ2n) is 7.47. The quantitative estimate of drug-likeness (QED) is 0.481. The molecular formula is C22H20N6O3S. The van der Waals surface area contributed by atoms with Crippen LogP contribution in [0.1, 0.15) is 25.2 Å². The number of likely N-dealkylation sites (tertiary alicyclic amines) is 1. The van der Waals surface area contributed by atoms with Crippen LogP contribution in [0.4, 0.5) is 5.13 Å². The van der Waals surface area contributed by atoms with E-state index >= 15 is 0 Å². The molecule has 3 aromatic heterocycles. The Kier molecular flexibility index (Phi) is 5.59. The summed E-state index contributed by atoms with van der Waals surface area (Å²) < 4.78 is 6.28. The second kappa shape index (κ2) is 8.83. The molecule has 1 aliphatic rings. The average molecular weight is 449 g/mol. The largest absolute Gasteiger partial charge is 0.339 e. The number of rotatable bonds is 6. The summed E-state index contributed by atoms with van der Waals surface area (Å²) in [6, 6.07) is 10.8. The minimum atomic E-state index is -0.496. The van der Waals surface area contributed by atoms with Crippen molar-refractivity contribution in [3.63, 3.8) is 0 Å². The van der Waals surface area contributed by atoms with Crippen molar-refractivity contribution in [3.05, 3.63) is 54.7 Å². The third-order valence-electron chi connectivity index (χ3n) is 5.36. The van der Waals surface area contributed by atoms with Crippen molar-refractivity contribution in [2.24, 2.45) is 0 Å². The number of fused-ring (bicyclic) bond motifs is 1. The fourth-order valence-corrected chi connectivity index (χ4v) is 4.65. The number of nitrogens with one attached hydrogen (secondary N) is 1. The van der Waals surface area contributed by atoms with Crippen LogP contribution < -0.4 is 5.32 Å². The molecule has 0 bridgehead atoms. The number of aryl methyl sites for hydroxylation is 1. The van der Waals surface area contributed by atoms with E-state index in [0.29, 0.717) is 36.2 Å². The standard InChI is InChI=1S/C22H20N6O3S/c29-19(8-7-18-25-20(27-31-18)14-9-11-23-12-10-14)28-13-3-5-16(28)21(30)26-22-24-15-4-1-2-6-17(15)32-22/h1-2,4,6,9-12,16H,3,5,7-8,13H2,(H,24,26,30). The first-order chi connectivity index (χ1) is 15.7. The number of carbonyl (C=O) groups is 2. The molecule has 1 aromatic carbocycles. The zero-order valence-electron chi connectivity index (χ0n) is 17.1.